The number of aromatic hydroxyl groups is 2. The molecule has 1 heterocycles. The van der Waals surface area contributed by atoms with Crippen LogP contribution in [-0.4, -0.2) is 84.9 Å². The van der Waals surface area contributed by atoms with Crippen LogP contribution in [0.5, 0.6) is 11.5 Å². The third-order valence-corrected chi connectivity index (χ3v) is 9.80. The van der Waals surface area contributed by atoms with Crippen molar-refractivity contribution in [2.45, 2.75) is 69.9 Å². The highest BCUT2D eigenvalue weighted by atomic mass is 35.5. The number of sulfonamides is 1. The lowest BCUT2D eigenvalue weighted by atomic mass is 9.98. The molecule has 0 radical (unpaired) electrons. The summed E-state index contributed by atoms with van der Waals surface area (Å²) in [6.45, 7) is 3.77. The Labute approximate surface area is 294 Å². The third-order valence-electron chi connectivity index (χ3n) is 8.90. The number of hydrogen-bond donors (Lipinski definition) is 6. The number of aliphatic hydroxyl groups is 1. The van der Waals surface area contributed by atoms with Gasteiger partial charge in [-0.3, -0.25) is 9.62 Å². The Hall–Kier alpha value is -3.55. The monoisotopic (exact) mass is 716 g/mol. The molecule has 1 aliphatic heterocycles. The molecular formula is C36H49ClN4O7S. The molecule has 268 valence electrons. The van der Waals surface area contributed by atoms with Crippen LogP contribution in [0.1, 0.15) is 69.5 Å². The summed E-state index contributed by atoms with van der Waals surface area (Å²) in [4.78, 5) is 16.4. The first-order valence-electron chi connectivity index (χ1n) is 16.9. The molecule has 1 fully saturated rings. The Bertz CT molecular complexity index is 1620. The first kappa shape index (κ1) is 38.3. The Morgan fingerprint density at radius 3 is 2.27 bits per heavy atom. The van der Waals surface area contributed by atoms with Crippen molar-refractivity contribution in [1.29, 1.82) is 0 Å². The number of unbranched alkanes of at least 4 members (excludes halogenated alkanes) is 6. The number of amides is 1. The van der Waals surface area contributed by atoms with Crippen LogP contribution < -0.4 is 14.9 Å². The molecule has 3 aromatic carbocycles. The highest BCUT2D eigenvalue weighted by Crippen LogP contribution is 2.40. The zero-order valence-electron chi connectivity index (χ0n) is 28.0. The van der Waals surface area contributed by atoms with E-state index in [1.807, 2.05) is 12.1 Å². The number of carboxylic acid groups (broad SMARTS) is 1. The zero-order chi connectivity index (χ0) is 35.4. The molecule has 0 aromatic heterocycles. The van der Waals surface area contributed by atoms with Gasteiger partial charge in [0.15, 0.2) is 0 Å². The van der Waals surface area contributed by atoms with Gasteiger partial charge in [-0.1, -0.05) is 74.0 Å². The minimum Gasteiger partial charge on any atom is -0.508 e. The van der Waals surface area contributed by atoms with E-state index in [4.69, 9.17) is 11.6 Å². The molecule has 3 aromatic rings. The van der Waals surface area contributed by atoms with Crippen molar-refractivity contribution in [3.8, 4) is 22.6 Å². The molecule has 1 amide bonds. The fraction of sp³-hybridized carbons (Fsp3) is 0.472. The molecule has 11 nitrogen and oxygen atoms in total. The van der Waals surface area contributed by atoms with Gasteiger partial charge in [0.2, 0.25) is 10.0 Å². The van der Waals surface area contributed by atoms with E-state index in [0.29, 0.717) is 22.8 Å². The number of nitrogens with zero attached hydrogens (tertiary/aromatic N) is 2. The molecule has 1 aliphatic rings. The van der Waals surface area contributed by atoms with Gasteiger partial charge in [0.1, 0.15) is 11.5 Å². The maximum absolute atomic E-state index is 12.6. The molecule has 0 aliphatic carbocycles. The number of halogens is 1. The largest absolute Gasteiger partial charge is 0.508 e. The predicted molar refractivity (Wildman–Crippen MR) is 195 cm³/mol. The van der Waals surface area contributed by atoms with Crippen molar-refractivity contribution in [2.24, 2.45) is 0 Å². The Morgan fingerprint density at radius 1 is 0.959 bits per heavy atom. The normalized spacial score (nSPS) is 14.8. The van der Waals surface area contributed by atoms with Crippen LogP contribution in [0.3, 0.4) is 0 Å². The second kappa shape index (κ2) is 18.4. The van der Waals surface area contributed by atoms with Gasteiger partial charge in [-0.25, -0.2) is 13.2 Å². The molecule has 0 saturated carbocycles. The lowest BCUT2D eigenvalue weighted by Crippen LogP contribution is -2.47. The third kappa shape index (κ3) is 11.8. The Balaban J connectivity index is 1.09. The van der Waals surface area contributed by atoms with E-state index in [1.165, 1.54) is 29.9 Å². The topological polar surface area (TPSA) is 163 Å². The SMILES string of the molecule is CS(=O)(=O)Nc1cc([C@@H](O)CNCCCCCCCCCN2CCC(N(C(=O)O)c3c(Cl)cccc3-c3ccc(O)cc3)CC2)ccc1O. The van der Waals surface area contributed by atoms with E-state index in [9.17, 15) is 33.6 Å². The number of anilines is 2. The van der Waals surface area contributed by atoms with E-state index in [0.717, 1.165) is 88.5 Å². The maximum Gasteiger partial charge on any atom is 0.412 e. The van der Waals surface area contributed by atoms with Crippen LogP contribution in [0.4, 0.5) is 16.2 Å². The van der Waals surface area contributed by atoms with Crippen LogP contribution in [0, 0.1) is 0 Å². The molecule has 0 spiro atoms. The molecule has 0 bridgehead atoms. The van der Waals surface area contributed by atoms with Gasteiger partial charge in [0.05, 0.1) is 28.8 Å². The second-order valence-corrected chi connectivity index (χ2v) is 14.9. The first-order valence-corrected chi connectivity index (χ1v) is 19.2. The van der Waals surface area contributed by atoms with Gasteiger partial charge in [-0.2, -0.15) is 0 Å². The van der Waals surface area contributed by atoms with Crippen molar-refractivity contribution in [2.75, 3.05) is 48.6 Å². The quantitative estimate of drug-likeness (QED) is 0.0615. The Kier molecular flexibility index (Phi) is 14.4. The number of likely N-dealkylation sites (tertiary alicyclic amines) is 1. The fourth-order valence-electron chi connectivity index (χ4n) is 6.34. The van der Waals surface area contributed by atoms with E-state index in [2.05, 4.69) is 14.9 Å². The summed E-state index contributed by atoms with van der Waals surface area (Å²) in [6.07, 6.45) is 8.47. The van der Waals surface area contributed by atoms with Crippen LogP contribution in [0.2, 0.25) is 5.02 Å². The average molecular weight is 717 g/mol. The first-order chi connectivity index (χ1) is 23.4. The standard InChI is InChI=1S/C36H49ClN4O7S/c1-49(47,48)39-32-24-27(14-17-33(32)43)34(44)25-38-20-7-5-3-2-4-6-8-21-40-22-18-28(19-23-40)41(36(45)46)35-30(10-9-11-31(35)37)26-12-15-29(42)16-13-26/h9-17,24,28,34,38-39,42-44H,2-8,18-23,25H2,1H3,(H,45,46)/t34-/m0/s1. The summed E-state index contributed by atoms with van der Waals surface area (Å²) < 4.78 is 25.2. The van der Waals surface area contributed by atoms with E-state index in [1.54, 1.807) is 36.4 Å². The summed E-state index contributed by atoms with van der Waals surface area (Å²) in [5, 5.41) is 44.0. The number of aliphatic hydroxyl groups excluding tert-OH is 1. The van der Waals surface area contributed by atoms with E-state index in [-0.39, 0.29) is 23.2 Å². The van der Waals surface area contributed by atoms with Crippen molar-refractivity contribution < 1.29 is 33.6 Å². The highest BCUT2D eigenvalue weighted by Gasteiger charge is 2.32. The van der Waals surface area contributed by atoms with Crippen LogP contribution in [0.15, 0.2) is 60.7 Å². The van der Waals surface area contributed by atoms with Crippen LogP contribution >= 0.6 is 11.6 Å². The minimum atomic E-state index is -3.55. The number of piperidine rings is 1. The highest BCUT2D eigenvalue weighted by molar-refractivity contribution is 7.92. The fourth-order valence-corrected chi connectivity index (χ4v) is 7.17. The van der Waals surface area contributed by atoms with E-state index >= 15 is 0 Å². The van der Waals surface area contributed by atoms with Crippen molar-refractivity contribution >= 4 is 39.1 Å². The lowest BCUT2D eigenvalue weighted by Gasteiger charge is -2.38. The molecule has 13 heteroatoms. The number of para-hydroxylation sites is 1. The number of rotatable bonds is 18. The number of phenols is 2. The summed E-state index contributed by atoms with van der Waals surface area (Å²) in [5.74, 6) is -0.0536. The van der Waals surface area contributed by atoms with Crippen molar-refractivity contribution in [3.63, 3.8) is 0 Å². The van der Waals surface area contributed by atoms with Gasteiger partial charge >= 0.3 is 6.09 Å². The van der Waals surface area contributed by atoms with Gasteiger partial charge in [0, 0.05) is 31.2 Å². The summed E-state index contributed by atoms with van der Waals surface area (Å²) in [7, 11) is -3.55. The van der Waals surface area contributed by atoms with Crippen LogP contribution in [0.25, 0.3) is 11.1 Å². The predicted octanol–water partition coefficient (Wildman–Crippen LogP) is 6.79. The van der Waals surface area contributed by atoms with E-state index < -0.39 is 22.2 Å². The summed E-state index contributed by atoms with van der Waals surface area (Å²) >= 11 is 6.61. The van der Waals surface area contributed by atoms with Gasteiger partial charge in [0.25, 0.3) is 0 Å². The number of carbonyl (C=O) groups is 1. The molecule has 1 atom stereocenters. The Morgan fingerprint density at radius 2 is 1.61 bits per heavy atom. The summed E-state index contributed by atoms with van der Waals surface area (Å²) in [6, 6.07) is 16.3. The van der Waals surface area contributed by atoms with Gasteiger partial charge < -0.3 is 30.6 Å². The zero-order valence-corrected chi connectivity index (χ0v) is 29.6. The second-order valence-electron chi connectivity index (χ2n) is 12.8. The molecular weight excluding hydrogens is 668 g/mol. The lowest BCUT2D eigenvalue weighted by molar-refractivity contribution is 0.174. The molecule has 49 heavy (non-hydrogen) atoms. The smallest absolute Gasteiger partial charge is 0.412 e. The van der Waals surface area contributed by atoms with Crippen molar-refractivity contribution in [1.82, 2.24) is 10.2 Å². The van der Waals surface area contributed by atoms with Crippen LogP contribution in [-0.2, 0) is 10.0 Å². The molecule has 1 saturated heterocycles. The van der Waals surface area contributed by atoms with Gasteiger partial charge in [-0.05, 0) is 80.2 Å². The van der Waals surface area contributed by atoms with Crippen molar-refractivity contribution in [3.05, 3.63) is 71.2 Å². The number of nitrogens with one attached hydrogen (secondary N) is 2. The summed E-state index contributed by atoms with van der Waals surface area (Å²) in [5.41, 5.74) is 2.56. The molecule has 0 unspecified atom stereocenters. The van der Waals surface area contributed by atoms with Gasteiger partial charge in [-0.15, -0.1) is 0 Å². The number of benzene rings is 3. The number of phenolic OH excluding ortho intramolecular Hbond substituents is 2. The minimum absolute atomic E-state index is 0.0437. The maximum atomic E-state index is 12.6. The molecule has 6 N–H and O–H groups in total. The molecule has 4 rings (SSSR count). The average Bonchev–Trinajstić information content (AvgIpc) is 3.05. The number of hydrogen-bond acceptors (Lipinski definition) is 8.